The van der Waals surface area contributed by atoms with E-state index in [9.17, 15) is 0 Å². The smallest absolute Gasteiger partial charge is 0.118 e. The van der Waals surface area contributed by atoms with Gasteiger partial charge >= 0.3 is 0 Å². The van der Waals surface area contributed by atoms with Crippen molar-refractivity contribution in [3.63, 3.8) is 0 Å². The Kier molecular flexibility index (Phi) is 15.8. The molecule has 1 heterocycles. The van der Waals surface area contributed by atoms with Crippen molar-refractivity contribution >= 4 is 26.5 Å². The van der Waals surface area contributed by atoms with Crippen molar-refractivity contribution in [3.8, 4) is 0 Å². The van der Waals surface area contributed by atoms with Gasteiger partial charge in [-0.25, -0.2) is 0 Å². The highest BCUT2D eigenvalue weighted by Gasteiger charge is 2.26. The molecule has 0 fully saturated rings. The fourth-order valence-corrected chi connectivity index (χ4v) is 6.14. The lowest BCUT2D eigenvalue weighted by molar-refractivity contribution is 0.537. The molecule has 0 saturated heterocycles. The Morgan fingerprint density at radius 2 is 1.30 bits per heavy atom. The molecule has 44 heavy (non-hydrogen) atoms. The Hall–Kier alpha value is -3.37. The highest BCUT2D eigenvalue weighted by Crippen LogP contribution is 2.33. The van der Waals surface area contributed by atoms with Crippen molar-refractivity contribution in [2.45, 2.75) is 103 Å². The predicted octanol–water partition coefficient (Wildman–Crippen LogP) is 8.89. The second-order valence-corrected chi connectivity index (χ2v) is 12.2. The SMILES string of the molecule is C=C(N)CCCCCCCCCCCCCCNC(=C)CCC(=C)N1Cc2ccccc2C(=NP)C(=NN)c2ccccc21. The van der Waals surface area contributed by atoms with Crippen LogP contribution in [0.5, 0.6) is 0 Å². The van der Waals surface area contributed by atoms with Crippen molar-refractivity contribution in [2.75, 3.05) is 11.4 Å². The molecule has 0 spiro atoms. The lowest BCUT2D eigenvalue weighted by atomic mass is 9.91. The molecule has 1 aliphatic heterocycles. The summed E-state index contributed by atoms with van der Waals surface area (Å²) in [5.74, 6) is 5.95. The number of hydrazone groups is 1. The third kappa shape index (κ3) is 11.3. The summed E-state index contributed by atoms with van der Waals surface area (Å²) < 4.78 is 4.51. The van der Waals surface area contributed by atoms with E-state index < -0.39 is 0 Å². The number of allylic oxidation sites excluding steroid dienone is 3. The molecule has 1 unspecified atom stereocenters. The van der Waals surface area contributed by atoms with Gasteiger partial charge in [-0.1, -0.05) is 126 Å². The van der Waals surface area contributed by atoms with E-state index in [2.05, 4.69) is 79.5 Å². The Morgan fingerprint density at radius 3 is 1.91 bits per heavy atom. The van der Waals surface area contributed by atoms with Gasteiger partial charge in [-0.15, -0.1) is 0 Å². The molecule has 0 bridgehead atoms. The number of rotatable bonds is 20. The molecule has 0 aliphatic carbocycles. The first-order chi connectivity index (χ1) is 21.5. The summed E-state index contributed by atoms with van der Waals surface area (Å²) in [4.78, 5) is 2.28. The molecule has 0 aromatic heterocycles. The van der Waals surface area contributed by atoms with E-state index in [0.29, 0.717) is 12.3 Å². The first-order valence-corrected chi connectivity index (χ1v) is 17.0. The third-order valence-corrected chi connectivity index (χ3v) is 8.69. The number of anilines is 1. The second-order valence-electron chi connectivity index (χ2n) is 12.0. The molecule has 6 nitrogen and oxygen atoms in total. The molecule has 2 aromatic carbocycles. The normalized spacial score (nSPS) is 14.5. The molecular formula is C37H55N6P. The first-order valence-electron chi connectivity index (χ1n) is 16.5. The summed E-state index contributed by atoms with van der Waals surface area (Å²) in [6, 6.07) is 16.5. The van der Waals surface area contributed by atoms with Crippen molar-refractivity contribution in [2.24, 2.45) is 21.4 Å². The van der Waals surface area contributed by atoms with Crippen LogP contribution in [0.2, 0.25) is 0 Å². The Labute approximate surface area is 269 Å². The quantitative estimate of drug-likeness (QED) is 0.0601. The van der Waals surface area contributed by atoms with Crippen LogP contribution in [0.3, 0.4) is 0 Å². The molecule has 1 atom stereocenters. The minimum absolute atomic E-state index is 0.670. The van der Waals surface area contributed by atoms with E-state index in [0.717, 1.165) is 71.0 Å². The summed E-state index contributed by atoms with van der Waals surface area (Å²) in [6.45, 7) is 14.3. The van der Waals surface area contributed by atoms with Gasteiger partial charge in [0, 0.05) is 41.3 Å². The van der Waals surface area contributed by atoms with Gasteiger partial charge in [-0.3, -0.25) is 4.76 Å². The average Bonchev–Trinajstić information content (AvgIpc) is 3.02. The fourth-order valence-electron chi connectivity index (χ4n) is 5.88. The summed E-state index contributed by atoms with van der Waals surface area (Å²) >= 11 is 0. The Morgan fingerprint density at radius 1 is 0.727 bits per heavy atom. The standard InChI is InChI=1S/C37H55N6P/c1-29(38)20-14-12-10-8-6-4-5-7-9-11-13-19-27-40-30(2)25-26-31(3)43-28-32-21-15-16-22-33(32)37(42-44)36(41-39)34-23-17-18-24-35(34)43/h15-18,21-24,40H,1-14,19-20,25-28,38-39,44H2. The summed E-state index contributed by atoms with van der Waals surface area (Å²) in [7, 11) is 2.47. The second kappa shape index (κ2) is 19.8. The number of nitrogens with one attached hydrogen (secondary N) is 1. The monoisotopic (exact) mass is 614 g/mol. The van der Waals surface area contributed by atoms with Crippen molar-refractivity contribution in [1.29, 1.82) is 0 Å². The maximum Gasteiger partial charge on any atom is 0.118 e. The van der Waals surface area contributed by atoms with Gasteiger partial charge in [0.2, 0.25) is 0 Å². The van der Waals surface area contributed by atoms with E-state index in [1.807, 2.05) is 18.2 Å². The lowest BCUT2D eigenvalue weighted by Gasteiger charge is -2.32. The van der Waals surface area contributed by atoms with Crippen molar-refractivity contribution in [1.82, 2.24) is 5.32 Å². The number of nitrogens with two attached hydrogens (primary N) is 2. The largest absolute Gasteiger partial charge is 0.403 e. The van der Waals surface area contributed by atoms with Gasteiger partial charge in [0.1, 0.15) is 5.71 Å². The van der Waals surface area contributed by atoms with Gasteiger partial charge in [0.05, 0.1) is 11.4 Å². The summed E-state index contributed by atoms with van der Waals surface area (Å²) in [6.07, 6.45) is 18.4. The van der Waals surface area contributed by atoms with Crippen LogP contribution >= 0.6 is 9.39 Å². The zero-order valence-corrected chi connectivity index (χ0v) is 28.0. The molecule has 7 heteroatoms. The highest BCUT2D eigenvalue weighted by molar-refractivity contribution is 7.15. The lowest BCUT2D eigenvalue weighted by Crippen LogP contribution is -2.31. The molecule has 0 radical (unpaired) electrons. The van der Waals surface area contributed by atoms with Crippen LogP contribution in [0.4, 0.5) is 5.69 Å². The number of hydrogen-bond donors (Lipinski definition) is 3. The van der Waals surface area contributed by atoms with Crippen LogP contribution in [-0.2, 0) is 6.54 Å². The zero-order valence-electron chi connectivity index (χ0n) is 26.8. The van der Waals surface area contributed by atoms with Crippen molar-refractivity contribution in [3.05, 3.63) is 102 Å². The molecule has 0 saturated carbocycles. The van der Waals surface area contributed by atoms with E-state index in [-0.39, 0.29) is 0 Å². The molecule has 238 valence electrons. The van der Waals surface area contributed by atoms with Crippen LogP contribution in [0.25, 0.3) is 0 Å². The summed E-state index contributed by atoms with van der Waals surface area (Å²) in [5.41, 5.74) is 14.2. The number of unbranched alkanes of at least 4 members (excludes halogenated alkanes) is 11. The molecule has 3 rings (SSSR count). The maximum atomic E-state index is 5.95. The van der Waals surface area contributed by atoms with E-state index in [1.54, 1.807) is 0 Å². The number of para-hydroxylation sites is 1. The van der Waals surface area contributed by atoms with Gasteiger partial charge in [0.15, 0.2) is 0 Å². The fraction of sp³-hybridized carbons (Fsp3) is 0.459. The molecule has 2 aromatic rings. The third-order valence-electron chi connectivity index (χ3n) is 8.43. The van der Waals surface area contributed by atoms with E-state index in [1.165, 1.54) is 77.0 Å². The van der Waals surface area contributed by atoms with Crippen LogP contribution in [-0.4, -0.2) is 18.0 Å². The van der Waals surface area contributed by atoms with E-state index in [4.69, 9.17) is 11.6 Å². The van der Waals surface area contributed by atoms with Crippen molar-refractivity contribution < 1.29 is 0 Å². The minimum Gasteiger partial charge on any atom is -0.403 e. The van der Waals surface area contributed by atoms with Crippen LogP contribution < -0.4 is 21.8 Å². The number of nitrogens with zero attached hydrogens (tertiary/aromatic N) is 3. The Balaban J connectivity index is 1.36. The summed E-state index contributed by atoms with van der Waals surface area (Å²) in [5, 5.41) is 7.74. The number of fused-ring (bicyclic) bond motifs is 2. The molecule has 5 N–H and O–H groups in total. The topological polar surface area (TPSA) is 92.0 Å². The zero-order chi connectivity index (χ0) is 31.6. The van der Waals surface area contributed by atoms with Gasteiger partial charge in [0.25, 0.3) is 0 Å². The average molecular weight is 615 g/mol. The maximum absolute atomic E-state index is 5.95. The molecule has 0 amide bonds. The minimum atomic E-state index is 0.670. The van der Waals surface area contributed by atoms with E-state index >= 15 is 0 Å². The van der Waals surface area contributed by atoms with Gasteiger partial charge in [-0.2, -0.15) is 5.10 Å². The first kappa shape index (κ1) is 35.1. The number of hydrogen-bond acceptors (Lipinski definition) is 6. The van der Waals surface area contributed by atoms with Crippen LogP contribution in [0, 0.1) is 0 Å². The number of benzene rings is 2. The van der Waals surface area contributed by atoms with Gasteiger partial charge < -0.3 is 21.8 Å². The molecule has 1 aliphatic rings. The van der Waals surface area contributed by atoms with Crippen LogP contribution in [0.15, 0.2) is 95.2 Å². The van der Waals surface area contributed by atoms with Crippen LogP contribution in [0.1, 0.15) is 113 Å². The highest BCUT2D eigenvalue weighted by atomic mass is 31.0. The predicted molar refractivity (Wildman–Crippen MR) is 195 cm³/mol. The molecular weight excluding hydrogens is 559 g/mol. The van der Waals surface area contributed by atoms with Gasteiger partial charge in [-0.05, 0) is 53.1 Å². The Bertz CT molecular complexity index is 1280.